The Morgan fingerprint density at radius 3 is 2.64 bits per heavy atom. The minimum atomic E-state index is -0.267. The molecule has 1 fully saturated rings. The van der Waals surface area contributed by atoms with E-state index in [1.54, 1.807) is 47.5 Å². The number of hydrogen-bond acceptors (Lipinski definition) is 5. The predicted octanol–water partition coefficient (Wildman–Crippen LogP) is 2.29. The van der Waals surface area contributed by atoms with Crippen LogP contribution in [-0.4, -0.2) is 55.8 Å². The number of rotatable bonds is 6. The third-order valence-corrected chi connectivity index (χ3v) is 4.74. The number of carbonyl (C=O) groups excluding carboxylic acids is 2. The van der Waals surface area contributed by atoms with Crippen LogP contribution in [0.2, 0.25) is 0 Å². The molecule has 0 radical (unpaired) electrons. The summed E-state index contributed by atoms with van der Waals surface area (Å²) in [6, 6.07) is 14.4. The van der Waals surface area contributed by atoms with E-state index in [2.05, 4.69) is 33.1 Å². The molecule has 0 aromatic heterocycles. The summed E-state index contributed by atoms with van der Waals surface area (Å²) < 4.78 is 11.8. The quantitative estimate of drug-likeness (QED) is 0.381. The van der Waals surface area contributed by atoms with E-state index in [1.165, 1.54) is 0 Å². The Morgan fingerprint density at radius 1 is 1.18 bits per heavy atom. The number of hydrogen-bond donors (Lipinski definition) is 1. The number of benzene rings is 2. The van der Waals surface area contributed by atoms with Crippen LogP contribution in [0.25, 0.3) is 0 Å². The zero-order chi connectivity index (χ0) is 19.8. The highest BCUT2D eigenvalue weighted by molar-refractivity contribution is 14.1. The zero-order valence-electron chi connectivity index (χ0n) is 15.1. The number of nitrogens with zero attached hydrogens (tertiary/aromatic N) is 2. The van der Waals surface area contributed by atoms with Crippen molar-refractivity contribution in [1.29, 1.82) is 0 Å². The monoisotopic (exact) mass is 493 g/mol. The van der Waals surface area contributed by atoms with Gasteiger partial charge in [-0.2, -0.15) is 5.10 Å². The summed E-state index contributed by atoms with van der Waals surface area (Å²) in [6.45, 7) is 2.34. The second-order valence-electron chi connectivity index (χ2n) is 6.06. The van der Waals surface area contributed by atoms with Crippen LogP contribution in [0, 0.1) is 3.57 Å². The third kappa shape index (κ3) is 6.03. The molecule has 146 valence electrons. The maximum absolute atomic E-state index is 12.1. The van der Waals surface area contributed by atoms with Crippen LogP contribution in [0.1, 0.15) is 15.9 Å². The second kappa shape index (κ2) is 10.2. The van der Waals surface area contributed by atoms with Crippen LogP contribution in [0.5, 0.6) is 5.75 Å². The smallest absolute Gasteiger partial charge is 0.271 e. The first-order valence-corrected chi connectivity index (χ1v) is 9.87. The Hall–Kier alpha value is -2.46. The molecule has 28 heavy (non-hydrogen) atoms. The van der Waals surface area contributed by atoms with E-state index in [0.717, 1.165) is 9.13 Å². The molecule has 2 aromatic carbocycles. The summed E-state index contributed by atoms with van der Waals surface area (Å²) in [7, 11) is 0. The van der Waals surface area contributed by atoms with Gasteiger partial charge in [0.25, 0.3) is 11.8 Å². The number of amides is 2. The Labute approximate surface area is 176 Å². The van der Waals surface area contributed by atoms with Crippen molar-refractivity contribution in [1.82, 2.24) is 10.3 Å². The topological polar surface area (TPSA) is 80.2 Å². The van der Waals surface area contributed by atoms with E-state index in [1.807, 2.05) is 12.1 Å². The predicted molar refractivity (Wildman–Crippen MR) is 114 cm³/mol. The number of halogens is 1. The van der Waals surface area contributed by atoms with Crippen LogP contribution in [0.15, 0.2) is 53.6 Å². The van der Waals surface area contributed by atoms with Gasteiger partial charge in [0.1, 0.15) is 5.75 Å². The molecular formula is C20H20IN3O4. The van der Waals surface area contributed by atoms with Crippen molar-refractivity contribution in [3.05, 3.63) is 63.2 Å². The molecule has 2 amide bonds. The molecule has 0 saturated carbocycles. The van der Waals surface area contributed by atoms with Crippen molar-refractivity contribution in [2.45, 2.75) is 0 Å². The maximum atomic E-state index is 12.1. The van der Waals surface area contributed by atoms with E-state index in [-0.39, 0.29) is 18.4 Å². The Morgan fingerprint density at radius 2 is 1.93 bits per heavy atom. The van der Waals surface area contributed by atoms with Gasteiger partial charge in [0, 0.05) is 22.2 Å². The molecule has 0 bridgehead atoms. The van der Waals surface area contributed by atoms with Crippen LogP contribution in [0.3, 0.4) is 0 Å². The lowest BCUT2D eigenvalue weighted by Crippen LogP contribution is -2.42. The molecule has 2 aromatic rings. The number of morpholine rings is 1. The first-order valence-electron chi connectivity index (χ1n) is 8.79. The van der Waals surface area contributed by atoms with E-state index in [4.69, 9.17) is 9.47 Å². The van der Waals surface area contributed by atoms with Gasteiger partial charge >= 0.3 is 0 Å². The summed E-state index contributed by atoms with van der Waals surface area (Å²) in [6.07, 6.45) is 1.55. The second-order valence-corrected chi connectivity index (χ2v) is 7.31. The van der Waals surface area contributed by atoms with E-state index >= 15 is 0 Å². The molecule has 0 unspecified atom stereocenters. The number of ether oxygens (including phenoxy) is 2. The van der Waals surface area contributed by atoms with Crippen molar-refractivity contribution in [3.63, 3.8) is 0 Å². The minimum absolute atomic E-state index is 0.000626. The van der Waals surface area contributed by atoms with Crippen molar-refractivity contribution >= 4 is 40.6 Å². The fourth-order valence-corrected chi connectivity index (χ4v) is 3.10. The summed E-state index contributed by atoms with van der Waals surface area (Å²) in [5.41, 5.74) is 3.86. The van der Waals surface area contributed by atoms with Crippen molar-refractivity contribution in [2.24, 2.45) is 5.10 Å². The van der Waals surface area contributed by atoms with Gasteiger partial charge in [-0.25, -0.2) is 5.43 Å². The molecule has 1 N–H and O–H groups in total. The molecule has 8 heteroatoms. The molecule has 1 saturated heterocycles. The molecule has 0 atom stereocenters. The minimum Gasteiger partial charge on any atom is -0.484 e. The summed E-state index contributed by atoms with van der Waals surface area (Å²) in [5.74, 6) is 0.283. The molecular weight excluding hydrogens is 473 g/mol. The normalized spacial score (nSPS) is 14.1. The molecule has 1 aliphatic heterocycles. The highest BCUT2D eigenvalue weighted by Crippen LogP contribution is 2.12. The first-order chi connectivity index (χ1) is 13.6. The molecule has 1 heterocycles. The Balaban J connectivity index is 1.46. The summed E-state index contributed by atoms with van der Waals surface area (Å²) in [4.78, 5) is 25.8. The van der Waals surface area contributed by atoms with Gasteiger partial charge in [-0.3, -0.25) is 9.59 Å². The fraction of sp³-hybridized carbons (Fsp3) is 0.250. The van der Waals surface area contributed by atoms with Gasteiger partial charge in [0.05, 0.1) is 19.4 Å². The molecule has 0 aliphatic carbocycles. The molecule has 3 rings (SSSR count). The average Bonchev–Trinajstić information content (AvgIpc) is 2.73. The lowest BCUT2D eigenvalue weighted by molar-refractivity contribution is -0.137. The average molecular weight is 493 g/mol. The van der Waals surface area contributed by atoms with Gasteiger partial charge in [-0.15, -0.1) is 0 Å². The molecule has 7 nitrogen and oxygen atoms in total. The van der Waals surface area contributed by atoms with Crippen LogP contribution in [0.4, 0.5) is 0 Å². The molecule has 1 aliphatic rings. The third-order valence-electron chi connectivity index (χ3n) is 4.07. The van der Waals surface area contributed by atoms with Crippen molar-refractivity contribution in [3.8, 4) is 5.75 Å². The summed E-state index contributed by atoms with van der Waals surface area (Å²) >= 11 is 2.15. The largest absolute Gasteiger partial charge is 0.484 e. The number of hydrazone groups is 1. The standard InChI is InChI=1S/C20H20IN3O4/c21-17-3-1-2-16(12-17)20(26)23-22-13-15-4-6-18(7-5-15)28-14-19(25)24-8-10-27-11-9-24/h1-7,12-13H,8-11,14H2,(H,23,26)/b22-13-. The summed E-state index contributed by atoms with van der Waals surface area (Å²) in [5, 5.41) is 3.97. The molecule has 0 spiro atoms. The van der Waals surface area contributed by atoms with Gasteiger partial charge in [-0.05, 0) is 70.6 Å². The Kier molecular flexibility index (Phi) is 7.38. The highest BCUT2D eigenvalue weighted by Gasteiger charge is 2.17. The lowest BCUT2D eigenvalue weighted by Gasteiger charge is -2.26. The fourth-order valence-electron chi connectivity index (χ4n) is 2.56. The van der Waals surface area contributed by atoms with Gasteiger partial charge in [0.2, 0.25) is 0 Å². The highest BCUT2D eigenvalue weighted by atomic mass is 127. The van der Waals surface area contributed by atoms with Gasteiger partial charge in [-0.1, -0.05) is 6.07 Å². The van der Waals surface area contributed by atoms with Gasteiger partial charge in [0.15, 0.2) is 6.61 Å². The maximum Gasteiger partial charge on any atom is 0.271 e. The van der Waals surface area contributed by atoms with Crippen molar-refractivity contribution in [2.75, 3.05) is 32.9 Å². The van der Waals surface area contributed by atoms with Crippen LogP contribution in [-0.2, 0) is 9.53 Å². The number of carbonyl (C=O) groups is 2. The van der Waals surface area contributed by atoms with Crippen molar-refractivity contribution < 1.29 is 19.1 Å². The SMILES string of the molecule is O=C(N/N=C\c1ccc(OCC(=O)N2CCOCC2)cc1)c1cccc(I)c1. The number of nitrogens with one attached hydrogen (secondary N) is 1. The lowest BCUT2D eigenvalue weighted by atomic mass is 10.2. The van der Waals surface area contributed by atoms with E-state index < -0.39 is 0 Å². The zero-order valence-corrected chi connectivity index (χ0v) is 17.3. The van der Waals surface area contributed by atoms with Crippen LogP contribution < -0.4 is 10.2 Å². The Bertz CT molecular complexity index is 849. The van der Waals surface area contributed by atoms with E-state index in [0.29, 0.717) is 37.6 Å². The van der Waals surface area contributed by atoms with Gasteiger partial charge < -0.3 is 14.4 Å². The first kappa shape index (κ1) is 20.3. The van der Waals surface area contributed by atoms with Crippen LogP contribution >= 0.6 is 22.6 Å². The van der Waals surface area contributed by atoms with E-state index in [9.17, 15) is 9.59 Å².